The van der Waals surface area contributed by atoms with Crippen molar-refractivity contribution in [3.63, 3.8) is 0 Å². The molecule has 0 spiro atoms. The van der Waals surface area contributed by atoms with Crippen LogP contribution in [0.15, 0.2) is 29.6 Å². The number of hydrogen-bond donors (Lipinski definition) is 1. The van der Waals surface area contributed by atoms with Gasteiger partial charge in [-0.1, -0.05) is 6.07 Å². The molecule has 2 aromatic heterocycles. The number of ether oxygens (including phenoxy) is 3. The molecule has 0 saturated carbocycles. The second-order valence-corrected chi connectivity index (χ2v) is 8.27. The zero-order valence-corrected chi connectivity index (χ0v) is 19.4. The fourth-order valence-electron chi connectivity index (χ4n) is 3.65. The van der Waals surface area contributed by atoms with Crippen LogP contribution in [0, 0.1) is 13.8 Å². The number of hydrogen-bond acceptors (Lipinski definition) is 6. The number of anilines is 1. The van der Waals surface area contributed by atoms with E-state index in [1.54, 1.807) is 32.7 Å². The van der Waals surface area contributed by atoms with Crippen LogP contribution in [0.2, 0.25) is 0 Å². The summed E-state index contributed by atoms with van der Waals surface area (Å²) >= 11 is 1.63. The predicted octanol–water partition coefficient (Wildman–Crippen LogP) is 4.94. The van der Waals surface area contributed by atoms with E-state index in [0.29, 0.717) is 6.61 Å². The summed E-state index contributed by atoms with van der Waals surface area (Å²) in [6, 6.07) is 8.55. The highest BCUT2D eigenvalue weighted by Gasteiger charge is 2.15. The number of methoxy groups -OCH3 is 3. The fourth-order valence-corrected chi connectivity index (χ4v) is 4.47. The van der Waals surface area contributed by atoms with Gasteiger partial charge in [-0.2, -0.15) is 0 Å². The van der Waals surface area contributed by atoms with Crippen molar-refractivity contribution in [1.29, 1.82) is 0 Å². The number of aryl methyl sites for hydroxylation is 2. The third kappa shape index (κ3) is 4.96. The standard InChI is InChI=1S/C23H31N3O3S/c1-15(13-27-4)24-23-25-20(14-30-23)19-11-16(2)26(17(19)3)10-9-18-7-8-21(28-5)22(12-18)29-6/h7-8,11-12,14-15H,9-10,13H2,1-6H3,(H,24,25)/t15-/m0/s1. The monoisotopic (exact) mass is 429 g/mol. The Morgan fingerprint density at radius 2 is 1.87 bits per heavy atom. The van der Waals surface area contributed by atoms with E-state index in [9.17, 15) is 0 Å². The first kappa shape index (κ1) is 22.2. The van der Waals surface area contributed by atoms with E-state index in [1.807, 2.05) is 12.1 Å². The Labute approximate surface area is 182 Å². The van der Waals surface area contributed by atoms with Gasteiger partial charge in [0, 0.05) is 42.0 Å². The Hall–Kier alpha value is -2.51. The molecule has 7 heteroatoms. The molecule has 3 aromatic rings. The van der Waals surface area contributed by atoms with Gasteiger partial charge in [0.2, 0.25) is 0 Å². The molecule has 1 aromatic carbocycles. The van der Waals surface area contributed by atoms with Crippen LogP contribution in [-0.2, 0) is 17.7 Å². The van der Waals surface area contributed by atoms with Crippen LogP contribution in [0.1, 0.15) is 23.9 Å². The summed E-state index contributed by atoms with van der Waals surface area (Å²) in [4.78, 5) is 4.79. The van der Waals surface area contributed by atoms with Crippen LogP contribution in [0.3, 0.4) is 0 Å². The van der Waals surface area contributed by atoms with Gasteiger partial charge < -0.3 is 24.1 Å². The Morgan fingerprint density at radius 1 is 1.10 bits per heavy atom. The number of rotatable bonds is 10. The molecular formula is C23H31N3O3S. The highest BCUT2D eigenvalue weighted by Crippen LogP contribution is 2.31. The van der Waals surface area contributed by atoms with E-state index in [2.05, 4.69) is 48.2 Å². The van der Waals surface area contributed by atoms with Crippen molar-refractivity contribution in [1.82, 2.24) is 9.55 Å². The molecule has 1 atom stereocenters. The minimum absolute atomic E-state index is 0.225. The molecule has 0 saturated heterocycles. The summed E-state index contributed by atoms with van der Waals surface area (Å²) in [7, 11) is 5.03. The van der Waals surface area contributed by atoms with Gasteiger partial charge in [0.25, 0.3) is 0 Å². The molecular weight excluding hydrogens is 398 g/mol. The largest absolute Gasteiger partial charge is 0.493 e. The third-order valence-electron chi connectivity index (χ3n) is 5.21. The molecule has 0 amide bonds. The summed E-state index contributed by atoms with van der Waals surface area (Å²) in [5.41, 5.74) is 5.88. The normalized spacial score (nSPS) is 12.1. The average molecular weight is 430 g/mol. The maximum atomic E-state index is 5.43. The zero-order chi connectivity index (χ0) is 21.7. The van der Waals surface area contributed by atoms with Crippen molar-refractivity contribution in [2.24, 2.45) is 0 Å². The van der Waals surface area contributed by atoms with Gasteiger partial charge in [-0.3, -0.25) is 0 Å². The van der Waals surface area contributed by atoms with Gasteiger partial charge in [0.05, 0.1) is 26.5 Å². The second-order valence-electron chi connectivity index (χ2n) is 7.41. The number of benzene rings is 1. The summed E-state index contributed by atoms with van der Waals surface area (Å²) in [6.07, 6.45) is 0.911. The average Bonchev–Trinajstić information content (AvgIpc) is 3.30. The Bertz CT molecular complexity index is 980. The van der Waals surface area contributed by atoms with Crippen LogP contribution in [0.25, 0.3) is 11.3 Å². The molecule has 0 fully saturated rings. The first-order valence-corrected chi connectivity index (χ1v) is 10.9. The van der Waals surface area contributed by atoms with Crippen LogP contribution < -0.4 is 14.8 Å². The first-order valence-electron chi connectivity index (χ1n) is 10.1. The molecule has 2 heterocycles. The van der Waals surface area contributed by atoms with Gasteiger partial charge in [0.1, 0.15) is 0 Å². The minimum Gasteiger partial charge on any atom is -0.493 e. The highest BCUT2D eigenvalue weighted by atomic mass is 32.1. The topological polar surface area (TPSA) is 57.5 Å². The molecule has 0 bridgehead atoms. The number of nitrogens with zero attached hydrogens (tertiary/aromatic N) is 2. The van der Waals surface area contributed by atoms with Crippen LogP contribution in [0.4, 0.5) is 5.13 Å². The molecule has 0 radical (unpaired) electrons. The van der Waals surface area contributed by atoms with Gasteiger partial charge in [0.15, 0.2) is 16.6 Å². The van der Waals surface area contributed by atoms with Crippen molar-refractivity contribution in [2.45, 2.75) is 39.8 Å². The zero-order valence-electron chi connectivity index (χ0n) is 18.6. The van der Waals surface area contributed by atoms with Crippen LogP contribution in [0.5, 0.6) is 11.5 Å². The Morgan fingerprint density at radius 3 is 2.57 bits per heavy atom. The van der Waals surface area contributed by atoms with Crippen LogP contribution >= 0.6 is 11.3 Å². The van der Waals surface area contributed by atoms with Gasteiger partial charge >= 0.3 is 0 Å². The summed E-state index contributed by atoms with van der Waals surface area (Å²) in [5, 5.41) is 6.43. The first-order chi connectivity index (χ1) is 14.5. The summed E-state index contributed by atoms with van der Waals surface area (Å²) in [6.45, 7) is 7.95. The maximum Gasteiger partial charge on any atom is 0.183 e. The third-order valence-corrected chi connectivity index (χ3v) is 5.99. The van der Waals surface area contributed by atoms with E-state index < -0.39 is 0 Å². The van der Waals surface area contributed by atoms with Gasteiger partial charge in [-0.05, 0) is 51.0 Å². The summed E-state index contributed by atoms with van der Waals surface area (Å²) < 4.78 is 18.3. The Balaban J connectivity index is 1.74. The van der Waals surface area contributed by atoms with Crippen molar-refractivity contribution >= 4 is 16.5 Å². The summed E-state index contributed by atoms with van der Waals surface area (Å²) in [5.74, 6) is 1.52. The fraction of sp³-hybridized carbons (Fsp3) is 0.435. The molecule has 0 aliphatic carbocycles. The molecule has 1 N–H and O–H groups in total. The van der Waals surface area contributed by atoms with Crippen molar-refractivity contribution in [3.8, 4) is 22.8 Å². The predicted molar refractivity (Wildman–Crippen MR) is 123 cm³/mol. The van der Waals surface area contributed by atoms with E-state index in [4.69, 9.17) is 19.2 Å². The van der Waals surface area contributed by atoms with Gasteiger partial charge in [-0.25, -0.2) is 4.98 Å². The van der Waals surface area contributed by atoms with Gasteiger partial charge in [-0.15, -0.1) is 11.3 Å². The number of thiazole rings is 1. The lowest BCUT2D eigenvalue weighted by atomic mass is 10.1. The van der Waals surface area contributed by atoms with E-state index >= 15 is 0 Å². The molecule has 0 aliphatic heterocycles. The molecule has 30 heavy (non-hydrogen) atoms. The molecule has 3 rings (SSSR count). The lowest BCUT2D eigenvalue weighted by Gasteiger charge is -2.12. The van der Waals surface area contributed by atoms with Crippen molar-refractivity contribution in [2.75, 3.05) is 33.3 Å². The van der Waals surface area contributed by atoms with E-state index in [-0.39, 0.29) is 6.04 Å². The quantitative estimate of drug-likeness (QED) is 0.495. The smallest absolute Gasteiger partial charge is 0.183 e. The SMILES string of the molecule is COC[C@H](C)Nc1nc(-c2cc(C)n(CCc3ccc(OC)c(OC)c3)c2C)cs1. The van der Waals surface area contributed by atoms with Crippen molar-refractivity contribution in [3.05, 3.63) is 46.6 Å². The van der Waals surface area contributed by atoms with E-state index in [1.165, 1.54) is 22.5 Å². The minimum atomic E-state index is 0.225. The lowest BCUT2D eigenvalue weighted by molar-refractivity contribution is 0.190. The molecule has 6 nitrogen and oxygen atoms in total. The van der Waals surface area contributed by atoms with E-state index in [0.717, 1.165) is 35.3 Å². The van der Waals surface area contributed by atoms with Crippen molar-refractivity contribution < 1.29 is 14.2 Å². The number of aromatic nitrogens is 2. The maximum absolute atomic E-state index is 5.43. The Kier molecular flexibility index (Phi) is 7.39. The molecule has 0 aliphatic rings. The lowest BCUT2D eigenvalue weighted by Crippen LogP contribution is -2.20. The highest BCUT2D eigenvalue weighted by molar-refractivity contribution is 7.14. The number of nitrogens with one attached hydrogen (secondary N) is 1. The van der Waals surface area contributed by atoms with Crippen LogP contribution in [-0.4, -0.2) is 43.5 Å². The molecule has 0 unspecified atom stereocenters. The molecule has 162 valence electrons. The second kappa shape index (κ2) is 10.00.